The minimum absolute atomic E-state index is 0.0796. The zero-order valence-corrected chi connectivity index (χ0v) is 23.9. The number of fused-ring (bicyclic) bond motifs is 1. The number of pyridine rings is 1. The number of aromatic amines is 1. The highest BCUT2D eigenvalue weighted by Crippen LogP contribution is 2.41. The van der Waals surface area contributed by atoms with Gasteiger partial charge in [0, 0.05) is 48.6 Å². The summed E-state index contributed by atoms with van der Waals surface area (Å²) in [5, 5.41) is -1.38. The van der Waals surface area contributed by atoms with Crippen LogP contribution >= 0.6 is 46.6 Å². The van der Waals surface area contributed by atoms with Gasteiger partial charge in [-0.1, -0.05) is 47.1 Å². The van der Waals surface area contributed by atoms with Gasteiger partial charge in [-0.2, -0.15) is 8.78 Å². The van der Waals surface area contributed by atoms with Crippen molar-refractivity contribution in [3.05, 3.63) is 85.2 Å². The Kier molecular flexibility index (Phi) is 9.09. The number of nitrogens with one attached hydrogen (secondary N) is 2. The minimum Gasteiger partial charge on any atom is -0.374 e. The van der Waals surface area contributed by atoms with E-state index in [0.717, 1.165) is 34.6 Å². The van der Waals surface area contributed by atoms with E-state index in [1.165, 1.54) is 4.90 Å². The third-order valence-corrected chi connectivity index (χ3v) is 8.43. The molecule has 0 saturated heterocycles. The van der Waals surface area contributed by atoms with Crippen LogP contribution in [0, 0.1) is 0 Å². The van der Waals surface area contributed by atoms with Crippen molar-refractivity contribution in [2.24, 2.45) is 0 Å². The van der Waals surface area contributed by atoms with Gasteiger partial charge in [0.2, 0.25) is 12.3 Å². The fourth-order valence-corrected chi connectivity index (χ4v) is 5.86. The monoisotopic (exact) mass is 628 g/mol. The summed E-state index contributed by atoms with van der Waals surface area (Å²) in [4.78, 5) is 54.2. The van der Waals surface area contributed by atoms with Gasteiger partial charge in [0.05, 0.1) is 10.0 Å². The second-order valence-corrected chi connectivity index (χ2v) is 11.2. The van der Waals surface area contributed by atoms with Crippen LogP contribution in [0.3, 0.4) is 0 Å². The molecule has 210 valence electrons. The summed E-state index contributed by atoms with van der Waals surface area (Å²) in [6.07, 6.45) is 0.434. The molecule has 2 aromatic carbocycles. The standard InChI is InChI=1S/C26H21Cl3F2N4O4S/c1-34(8-7-21(37)32-13-36)16-6-5-14-11-35(12-15(14)9-16)25(39)22-19(10-20(26(29,30)31)33-24(22)38)40-23-17(27)3-2-4-18(23)28/h2-6,9-10,13H,7-8,11-12H2,1H3,(H,33,38)(H,32,36,37). The second-order valence-electron chi connectivity index (χ2n) is 8.87. The van der Waals surface area contributed by atoms with E-state index in [2.05, 4.69) is 5.32 Å². The molecular weight excluding hydrogens is 609 g/mol. The van der Waals surface area contributed by atoms with E-state index in [9.17, 15) is 28.0 Å². The Balaban J connectivity index is 1.62. The van der Waals surface area contributed by atoms with E-state index in [0.29, 0.717) is 13.0 Å². The molecule has 0 radical (unpaired) electrons. The fourth-order valence-electron chi connectivity index (χ4n) is 4.12. The van der Waals surface area contributed by atoms with Gasteiger partial charge in [-0.05, 0) is 53.1 Å². The van der Waals surface area contributed by atoms with Crippen molar-refractivity contribution in [1.82, 2.24) is 15.2 Å². The van der Waals surface area contributed by atoms with E-state index >= 15 is 0 Å². The first-order valence-electron chi connectivity index (χ1n) is 11.7. The Morgan fingerprint density at radius 3 is 2.48 bits per heavy atom. The van der Waals surface area contributed by atoms with Crippen LogP contribution in [0.2, 0.25) is 10.0 Å². The van der Waals surface area contributed by atoms with Crippen LogP contribution in [-0.2, 0) is 28.1 Å². The Morgan fingerprint density at radius 2 is 1.82 bits per heavy atom. The Morgan fingerprint density at radius 1 is 1.15 bits per heavy atom. The summed E-state index contributed by atoms with van der Waals surface area (Å²) in [5.74, 6) is -1.08. The quantitative estimate of drug-likeness (QED) is 0.244. The van der Waals surface area contributed by atoms with E-state index in [1.54, 1.807) is 25.2 Å². The van der Waals surface area contributed by atoms with Gasteiger partial charge in [0.15, 0.2) is 0 Å². The smallest absolute Gasteiger partial charge is 0.362 e. The number of carbonyl (C=O) groups is 3. The highest BCUT2D eigenvalue weighted by molar-refractivity contribution is 7.99. The molecule has 2 N–H and O–H groups in total. The predicted molar refractivity (Wildman–Crippen MR) is 150 cm³/mol. The number of rotatable bonds is 9. The third kappa shape index (κ3) is 6.60. The summed E-state index contributed by atoms with van der Waals surface area (Å²) < 4.78 is 27.9. The highest BCUT2D eigenvalue weighted by atomic mass is 35.5. The number of amides is 3. The molecule has 0 spiro atoms. The number of aromatic nitrogens is 1. The molecule has 0 aliphatic carbocycles. The largest absolute Gasteiger partial charge is 0.374 e. The molecule has 1 aliphatic heterocycles. The molecule has 40 heavy (non-hydrogen) atoms. The molecule has 3 amide bonds. The van der Waals surface area contributed by atoms with Crippen LogP contribution in [0.25, 0.3) is 0 Å². The number of halogens is 5. The second kappa shape index (κ2) is 12.2. The van der Waals surface area contributed by atoms with Gasteiger partial charge in [-0.3, -0.25) is 24.5 Å². The molecule has 1 aliphatic rings. The topological polar surface area (TPSA) is 103 Å². The molecule has 0 fully saturated rings. The molecular formula is C26H21Cl3F2N4O4S. The van der Waals surface area contributed by atoms with Gasteiger partial charge in [0.1, 0.15) is 11.3 Å². The van der Waals surface area contributed by atoms with E-state index in [-0.39, 0.29) is 44.9 Å². The third-order valence-electron chi connectivity index (χ3n) is 6.18. The number of carbonyl (C=O) groups excluding carboxylic acids is 3. The van der Waals surface area contributed by atoms with Crippen LogP contribution in [0.5, 0.6) is 0 Å². The van der Waals surface area contributed by atoms with Gasteiger partial charge >= 0.3 is 5.38 Å². The van der Waals surface area contributed by atoms with Crippen molar-refractivity contribution in [3.63, 3.8) is 0 Å². The number of alkyl halides is 3. The summed E-state index contributed by atoms with van der Waals surface area (Å²) in [6, 6.07) is 11.2. The lowest BCUT2D eigenvalue weighted by Gasteiger charge is -2.19. The van der Waals surface area contributed by atoms with Crippen LogP contribution in [0.1, 0.15) is 33.6 Å². The maximum absolute atomic E-state index is 14.0. The van der Waals surface area contributed by atoms with Crippen LogP contribution in [0.15, 0.2) is 57.1 Å². The molecule has 14 heteroatoms. The average Bonchev–Trinajstić information content (AvgIpc) is 3.32. The molecule has 0 unspecified atom stereocenters. The van der Waals surface area contributed by atoms with E-state index < -0.39 is 28.4 Å². The number of benzene rings is 2. The lowest BCUT2D eigenvalue weighted by Crippen LogP contribution is -2.32. The maximum Gasteiger partial charge on any atom is 0.362 e. The van der Waals surface area contributed by atoms with Crippen molar-refractivity contribution in [1.29, 1.82) is 0 Å². The van der Waals surface area contributed by atoms with Gasteiger partial charge in [0.25, 0.3) is 11.5 Å². The van der Waals surface area contributed by atoms with Crippen molar-refractivity contribution in [2.45, 2.75) is 34.7 Å². The van der Waals surface area contributed by atoms with E-state index in [1.807, 2.05) is 28.1 Å². The Hall–Kier alpha value is -3.12. The molecule has 1 aromatic heterocycles. The molecule has 8 nitrogen and oxygen atoms in total. The van der Waals surface area contributed by atoms with Gasteiger partial charge in [-0.25, -0.2) is 0 Å². The summed E-state index contributed by atoms with van der Waals surface area (Å²) in [5.41, 5.74) is 0.186. The SMILES string of the molecule is CN(CCC(=O)NC=O)c1ccc2c(c1)CN(C(=O)c1c(Sc3c(Cl)cccc3Cl)cc(C(F)(F)Cl)[nH]c1=O)C2. The van der Waals surface area contributed by atoms with E-state index in [4.69, 9.17) is 34.8 Å². The molecule has 4 rings (SSSR count). The summed E-state index contributed by atoms with van der Waals surface area (Å²) >= 11 is 18.5. The van der Waals surface area contributed by atoms with Crippen LogP contribution < -0.4 is 15.8 Å². The van der Waals surface area contributed by atoms with Crippen LogP contribution in [0.4, 0.5) is 14.5 Å². The average molecular weight is 630 g/mol. The first-order valence-corrected chi connectivity index (χ1v) is 13.7. The zero-order chi connectivity index (χ0) is 29.2. The molecule has 3 aromatic rings. The number of nitrogens with zero attached hydrogens (tertiary/aromatic N) is 2. The highest BCUT2D eigenvalue weighted by Gasteiger charge is 2.34. The molecule has 0 saturated carbocycles. The normalized spacial score (nSPS) is 12.7. The van der Waals surface area contributed by atoms with Crippen molar-refractivity contribution < 1.29 is 23.2 Å². The maximum atomic E-state index is 14.0. The number of hydrogen-bond acceptors (Lipinski definition) is 6. The number of imide groups is 1. The molecule has 0 atom stereocenters. The fraction of sp³-hybridized carbons (Fsp3) is 0.231. The predicted octanol–water partition coefficient (Wildman–Crippen LogP) is 5.38. The summed E-state index contributed by atoms with van der Waals surface area (Å²) in [6.45, 7) is 0.689. The number of hydrogen-bond donors (Lipinski definition) is 2. The molecule has 2 heterocycles. The number of H-pyrrole nitrogens is 1. The Bertz CT molecular complexity index is 1530. The molecule has 0 bridgehead atoms. The van der Waals surface area contributed by atoms with Crippen LogP contribution in [-0.4, -0.2) is 41.7 Å². The summed E-state index contributed by atoms with van der Waals surface area (Å²) in [7, 11) is 1.78. The Labute approximate surface area is 246 Å². The minimum atomic E-state index is -3.89. The van der Waals surface area contributed by atoms with Crippen molar-refractivity contribution in [3.8, 4) is 0 Å². The van der Waals surface area contributed by atoms with Crippen molar-refractivity contribution >= 4 is 70.5 Å². The first-order chi connectivity index (χ1) is 18.9. The first kappa shape index (κ1) is 29.9. The zero-order valence-electron chi connectivity index (χ0n) is 20.8. The lowest BCUT2D eigenvalue weighted by molar-refractivity contribution is -0.125. The lowest BCUT2D eigenvalue weighted by atomic mass is 10.1. The van der Waals surface area contributed by atoms with Gasteiger partial charge in [-0.15, -0.1) is 0 Å². The number of anilines is 1. The van der Waals surface area contributed by atoms with Gasteiger partial charge < -0.3 is 14.8 Å². The van der Waals surface area contributed by atoms with Crippen molar-refractivity contribution in [2.75, 3.05) is 18.5 Å².